The van der Waals surface area contributed by atoms with E-state index in [4.69, 9.17) is 8.83 Å². The van der Waals surface area contributed by atoms with Crippen molar-refractivity contribution < 1.29 is 18.7 Å². The summed E-state index contributed by atoms with van der Waals surface area (Å²) in [4.78, 5) is 13.4. The average molecular weight is 291 g/mol. The number of rotatable bonds is 4. The van der Waals surface area contributed by atoms with Crippen molar-refractivity contribution >= 4 is 5.97 Å². The second-order valence-electron chi connectivity index (χ2n) is 5.66. The number of likely N-dealkylation sites (tertiary alicyclic amines) is 1. The molecule has 1 unspecified atom stereocenters. The highest BCUT2D eigenvalue weighted by Gasteiger charge is 2.38. The number of piperidine rings is 1. The predicted octanol–water partition coefficient (Wildman–Crippen LogP) is 2.02. The molecule has 0 aliphatic carbocycles. The summed E-state index contributed by atoms with van der Waals surface area (Å²) >= 11 is 0. The molecule has 2 aromatic heterocycles. The first-order chi connectivity index (χ1) is 10.1. The summed E-state index contributed by atoms with van der Waals surface area (Å²) in [6.07, 6.45) is 3.09. The third-order valence-electron chi connectivity index (χ3n) is 3.85. The minimum absolute atomic E-state index is 0.341. The van der Waals surface area contributed by atoms with Gasteiger partial charge in [-0.1, -0.05) is 0 Å². The molecule has 7 nitrogen and oxygen atoms in total. The molecule has 3 heterocycles. The number of hydrogen-bond acceptors (Lipinski definition) is 6. The molecule has 0 bridgehead atoms. The highest BCUT2D eigenvalue weighted by atomic mass is 16.4. The fourth-order valence-corrected chi connectivity index (χ4v) is 2.66. The third-order valence-corrected chi connectivity index (χ3v) is 3.85. The molecular formula is C14H17N3O4. The van der Waals surface area contributed by atoms with Gasteiger partial charge in [-0.15, -0.1) is 10.2 Å². The van der Waals surface area contributed by atoms with Crippen molar-refractivity contribution in [2.24, 2.45) is 5.41 Å². The van der Waals surface area contributed by atoms with E-state index < -0.39 is 11.4 Å². The molecule has 112 valence electrons. The van der Waals surface area contributed by atoms with Crippen molar-refractivity contribution in [1.29, 1.82) is 0 Å². The predicted molar refractivity (Wildman–Crippen MR) is 72.3 cm³/mol. The Morgan fingerprint density at radius 3 is 3.10 bits per heavy atom. The van der Waals surface area contributed by atoms with Gasteiger partial charge in [0, 0.05) is 6.54 Å². The van der Waals surface area contributed by atoms with Gasteiger partial charge in [0.2, 0.25) is 5.89 Å². The number of carboxylic acid groups (broad SMARTS) is 1. The number of carboxylic acids is 1. The summed E-state index contributed by atoms with van der Waals surface area (Å²) in [5.41, 5.74) is -0.706. The first-order valence-electron chi connectivity index (χ1n) is 6.89. The van der Waals surface area contributed by atoms with E-state index >= 15 is 0 Å². The Kier molecular flexibility index (Phi) is 3.50. The molecule has 1 aliphatic heterocycles. The number of aromatic nitrogens is 2. The lowest BCUT2D eigenvalue weighted by atomic mass is 9.82. The normalized spacial score (nSPS) is 23.3. The zero-order valence-corrected chi connectivity index (χ0v) is 11.8. The van der Waals surface area contributed by atoms with Crippen molar-refractivity contribution in [2.45, 2.75) is 26.3 Å². The van der Waals surface area contributed by atoms with Gasteiger partial charge in [-0.25, -0.2) is 0 Å². The van der Waals surface area contributed by atoms with E-state index in [1.54, 1.807) is 25.3 Å². The van der Waals surface area contributed by atoms with E-state index in [2.05, 4.69) is 10.2 Å². The lowest BCUT2D eigenvalue weighted by Gasteiger charge is -2.36. The van der Waals surface area contributed by atoms with Gasteiger partial charge in [0.05, 0.1) is 18.2 Å². The Labute approximate surface area is 121 Å². The van der Waals surface area contributed by atoms with Crippen LogP contribution in [0.5, 0.6) is 0 Å². The monoisotopic (exact) mass is 291 g/mol. The molecule has 1 N–H and O–H groups in total. The van der Waals surface area contributed by atoms with E-state index in [-0.39, 0.29) is 0 Å². The van der Waals surface area contributed by atoms with E-state index in [1.807, 2.05) is 4.90 Å². The summed E-state index contributed by atoms with van der Waals surface area (Å²) in [5.74, 6) is 0.584. The molecule has 1 saturated heterocycles. The lowest BCUT2D eigenvalue weighted by Crippen LogP contribution is -2.45. The molecule has 1 atom stereocenters. The number of aliphatic carboxylic acids is 1. The quantitative estimate of drug-likeness (QED) is 0.921. The summed E-state index contributed by atoms with van der Waals surface area (Å²) in [6.45, 7) is 3.56. The van der Waals surface area contributed by atoms with Crippen LogP contribution in [0.25, 0.3) is 11.7 Å². The molecule has 0 radical (unpaired) electrons. The second kappa shape index (κ2) is 5.33. The molecule has 0 spiro atoms. The Balaban J connectivity index is 1.68. The van der Waals surface area contributed by atoms with Gasteiger partial charge in [-0.2, -0.15) is 0 Å². The molecule has 3 rings (SSSR count). The molecule has 2 aromatic rings. The number of nitrogens with zero attached hydrogens (tertiary/aromatic N) is 3. The molecule has 0 saturated carbocycles. The van der Waals surface area contributed by atoms with Gasteiger partial charge in [0.1, 0.15) is 0 Å². The largest absolute Gasteiger partial charge is 0.481 e. The van der Waals surface area contributed by atoms with Crippen LogP contribution in [0.1, 0.15) is 25.7 Å². The molecular weight excluding hydrogens is 274 g/mol. The van der Waals surface area contributed by atoms with Crippen molar-refractivity contribution in [3.8, 4) is 11.7 Å². The first-order valence-corrected chi connectivity index (χ1v) is 6.89. The van der Waals surface area contributed by atoms with Crippen LogP contribution in [0, 0.1) is 5.41 Å². The van der Waals surface area contributed by atoms with E-state index in [1.165, 1.54) is 0 Å². The van der Waals surface area contributed by atoms with Crippen LogP contribution >= 0.6 is 0 Å². The van der Waals surface area contributed by atoms with Crippen LogP contribution in [0.3, 0.4) is 0 Å². The van der Waals surface area contributed by atoms with Crippen molar-refractivity contribution in [2.75, 3.05) is 13.1 Å². The Hall–Kier alpha value is -2.15. The maximum Gasteiger partial charge on any atom is 0.310 e. The molecule has 7 heteroatoms. The van der Waals surface area contributed by atoms with Crippen LogP contribution < -0.4 is 0 Å². The lowest BCUT2D eigenvalue weighted by molar-refractivity contribution is -0.151. The first kappa shape index (κ1) is 13.8. The fraction of sp³-hybridized carbons (Fsp3) is 0.500. The van der Waals surface area contributed by atoms with Crippen LogP contribution in [0.2, 0.25) is 0 Å². The summed E-state index contributed by atoms with van der Waals surface area (Å²) in [7, 11) is 0. The second-order valence-corrected chi connectivity index (χ2v) is 5.66. The molecule has 1 fully saturated rings. The van der Waals surface area contributed by atoms with Crippen molar-refractivity contribution in [3.05, 3.63) is 24.3 Å². The summed E-state index contributed by atoms with van der Waals surface area (Å²) in [5, 5.41) is 17.3. The van der Waals surface area contributed by atoms with Crippen LogP contribution in [0.15, 0.2) is 27.2 Å². The zero-order valence-electron chi connectivity index (χ0n) is 11.8. The standard InChI is InChI=1S/C14H17N3O4/c1-14(13(18)19)5-3-6-17(9-14)8-11-15-16-12(21-11)10-4-2-7-20-10/h2,4,7H,3,5-6,8-9H2,1H3,(H,18,19). The van der Waals surface area contributed by atoms with Crippen molar-refractivity contribution in [3.63, 3.8) is 0 Å². The number of carbonyl (C=O) groups is 1. The fourth-order valence-electron chi connectivity index (χ4n) is 2.66. The minimum Gasteiger partial charge on any atom is -0.481 e. The van der Waals surface area contributed by atoms with E-state index in [0.29, 0.717) is 37.1 Å². The van der Waals surface area contributed by atoms with Gasteiger partial charge in [-0.05, 0) is 38.4 Å². The minimum atomic E-state index is -0.756. The van der Waals surface area contributed by atoms with E-state index in [0.717, 1.165) is 13.0 Å². The smallest absolute Gasteiger partial charge is 0.310 e. The highest BCUT2D eigenvalue weighted by molar-refractivity contribution is 5.74. The van der Waals surface area contributed by atoms with Gasteiger partial charge in [0.15, 0.2) is 5.76 Å². The SMILES string of the molecule is CC1(C(=O)O)CCCN(Cc2nnc(-c3ccco3)o2)C1. The van der Waals surface area contributed by atoms with Gasteiger partial charge >= 0.3 is 5.97 Å². The summed E-state index contributed by atoms with van der Waals surface area (Å²) in [6, 6.07) is 3.50. The average Bonchev–Trinajstić information content (AvgIpc) is 3.08. The number of furan rings is 1. The van der Waals surface area contributed by atoms with Crippen LogP contribution in [-0.2, 0) is 11.3 Å². The Morgan fingerprint density at radius 1 is 1.52 bits per heavy atom. The Morgan fingerprint density at radius 2 is 2.38 bits per heavy atom. The molecule has 21 heavy (non-hydrogen) atoms. The topological polar surface area (TPSA) is 92.6 Å². The van der Waals surface area contributed by atoms with Gasteiger partial charge < -0.3 is 13.9 Å². The third kappa shape index (κ3) is 2.82. The van der Waals surface area contributed by atoms with Gasteiger partial charge in [-0.3, -0.25) is 9.69 Å². The van der Waals surface area contributed by atoms with Gasteiger partial charge in [0.25, 0.3) is 5.89 Å². The summed E-state index contributed by atoms with van der Waals surface area (Å²) < 4.78 is 10.8. The highest BCUT2D eigenvalue weighted by Crippen LogP contribution is 2.30. The Bertz CT molecular complexity index is 622. The molecule has 1 aliphatic rings. The molecule has 0 amide bonds. The van der Waals surface area contributed by atoms with E-state index in [9.17, 15) is 9.90 Å². The molecule has 0 aromatic carbocycles. The zero-order chi connectivity index (χ0) is 14.9. The van der Waals surface area contributed by atoms with Crippen LogP contribution in [-0.4, -0.2) is 39.3 Å². The number of hydrogen-bond donors (Lipinski definition) is 1. The van der Waals surface area contributed by atoms with Crippen molar-refractivity contribution in [1.82, 2.24) is 15.1 Å². The maximum absolute atomic E-state index is 11.3. The maximum atomic E-state index is 11.3. The van der Waals surface area contributed by atoms with Crippen LogP contribution in [0.4, 0.5) is 0 Å².